The molecule has 0 aromatic carbocycles. The lowest BCUT2D eigenvalue weighted by Crippen LogP contribution is -2.46. The van der Waals surface area contributed by atoms with Crippen LogP contribution in [0.1, 0.15) is 65.6 Å². The quantitative estimate of drug-likeness (QED) is 0.868. The first-order valence-corrected chi connectivity index (χ1v) is 11.8. The molecule has 0 saturated carbocycles. The molecule has 25 heavy (non-hydrogen) atoms. The van der Waals surface area contributed by atoms with Gasteiger partial charge in [0, 0.05) is 24.0 Å². The maximum Gasteiger partial charge on any atom is 0.261 e. The lowest BCUT2D eigenvalue weighted by molar-refractivity contribution is 0.0928. The first-order chi connectivity index (χ1) is 12.0. The van der Waals surface area contributed by atoms with Gasteiger partial charge >= 0.3 is 0 Å². The third kappa shape index (κ3) is 4.63. The second-order valence-corrected chi connectivity index (χ2v) is 10.4. The number of nitrogens with one attached hydrogen (secondary N) is 1. The summed E-state index contributed by atoms with van der Waals surface area (Å²) < 4.78 is 25.4. The second kappa shape index (κ2) is 8.18. The number of sulfonamides is 1. The fraction of sp³-hybridized carbons (Fsp3) is 0.722. The molecule has 0 spiro atoms. The summed E-state index contributed by atoms with van der Waals surface area (Å²) in [7, 11) is -3.11. The van der Waals surface area contributed by atoms with Crippen molar-refractivity contribution in [2.45, 2.75) is 64.3 Å². The van der Waals surface area contributed by atoms with E-state index in [0.29, 0.717) is 25.9 Å². The fourth-order valence-electron chi connectivity index (χ4n) is 3.67. The summed E-state index contributed by atoms with van der Waals surface area (Å²) in [5.74, 6) is 0.152. The van der Waals surface area contributed by atoms with Crippen molar-refractivity contribution in [2.24, 2.45) is 0 Å². The van der Waals surface area contributed by atoms with Gasteiger partial charge in [-0.05, 0) is 57.1 Å². The van der Waals surface area contributed by atoms with Crippen molar-refractivity contribution in [1.82, 2.24) is 9.62 Å². The summed E-state index contributed by atoms with van der Waals surface area (Å²) in [5, 5.41) is 3.12. The van der Waals surface area contributed by atoms with Crippen LogP contribution in [-0.2, 0) is 22.9 Å². The van der Waals surface area contributed by atoms with Crippen molar-refractivity contribution in [3.63, 3.8) is 0 Å². The molecule has 3 rings (SSSR count). The topological polar surface area (TPSA) is 66.5 Å². The van der Waals surface area contributed by atoms with Crippen LogP contribution in [0.5, 0.6) is 0 Å². The number of hydrogen-bond donors (Lipinski definition) is 1. The van der Waals surface area contributed by atoms with Crippen molar-refractivity contribution in [2.75, 3.05) is 18.8 Å². The van der Waals surface area contributed by atoms with E-state index in [0.717, 1.165) is 17.7 Å². The van der Waals surface area contributed by atoms with Gasteiger partial charge in [0.05, 0.1) is 10.6 Å². The minimum Gasteiger partial charge on any atom is -0.349 e. The Kier molecular flexibility index (Phi) is 6.17. The van der Waals surface area contributed by atoms with E-state index < -0.39 is 10.0 Å². The summed E-state index contributed by atoms with van der Waals surface area (Å²) in [6, 6.07) is 2.15. The molecular formula is C18H28N2O3S2. The Bertz CT molecular complexity index is 678. The van der Waals surface area contributed by atoms with Crippen molar-refractivity contribution in [3.05, 3.63) is 21.4 Å². The number of nitrogens with zero attached hydrogens (tertiary/aromatic N) is 1. The van der Waals surface area contributed by atoms with Crippen LogP contribution in [0, 0.1) is 0 Å². The molecule has 140 valence electrons. The highest BCUT2D eigenvalue weighted by Gasteiger charge is 2.28. The average Bonchev–Trinajstić information content (AvgIpc) is 2.97. The Morgan fingerprint density at radius 1 is 1.20 bits per heavy atom. The van der Waals surface area contributed by atoms with Gasteiger partial charge in [0.25, 0.3) is 5.91 Å². The number of aryl methyl sites for hydroxylation is 2. The molecule has 1 saturated heterocycles. The zero-order valence-electron chi connectivity index (χ0n) is 14.9. The SMILES string of the molecule is CCS(=O)(=O)N1CCC(NC(=O)c2cc3c(s2)CCCCCC3)CC1. The lowest BCUT2D eigenvalue weighted by Gasteiger charge is -2.31. The molecule has 5 nitrogen and oxygen atoms in total. The second-order valence-electron chi connectivity index (χ2n) is 7.02. The Morgan fingerprint density at radius 2 is 1.88 bits per heavy atom. The van der Waals surface area contributed by atoms with Gasteiger partial charge in [-0.1, -0.05) is 12.8 Å². The first-order valence-electron chi connectivity index (χ1n) is 9.40. The van der Waals surface area contributed by atoms with Gasteiger partial charge in [-0.2, -0.15) is 0 Å². The van der Waals surface area contributed by atoms with Crippen LogP contribution >= 0.6 is 11.3 Å². The molecule has 2 aliphatic rings. The van der Waals surface area contributed by atoms with Crippen LogP contribution in [0.25, 0.3) is 0 Å². The summed E-state index contributed by atoms with van der Waals surface area (Å²) in [6.45, 7) is 2.68. The number of carbonyl (C=O) groups excluding carboxylic acids is 1. The van der Waals surface area contributed by atoms with Crippen LogP contribution in [0.4, 0.5) is 0 Å². The molecule has 1 aromatic heterocycles. The molecule has 1 aliphatic carbocycles. The van der Waals surface area contributed by atoms with Gasteiger partial charge in [0.1, 0.15) is 0 Å². The third-order valence-corrected chi connectivity index (χ3v) is 8.39. The van der Waals surface area contributed by atoms with E-state index in [-0.39, 0.29) is 17.7 Å². The van der Waals surface area contributed by atoms with Gasteiger partial charge in [-0.15, -0.1) is 11.3 Å². The van der Waals surface area contributed by atoms with Crippen molar-refractivity contribution < 1.29 is 13.2 Å². The Hall–Kier alpha value is -0.920. The van der Waals surface area contributed by atoms with Gasteiger partial charge < -0.3 is 5.32 Å². The molecule has 0 atom stereocenters. The maximum atomic E-state index is 12.6. The smallest absolute Gasteiger partial charge is 0.261 e. The van der Waals surface area contributed by atoms with E-state index >= 15 is 0 Å². The molecule has 0 radical (unpaired) electrons. The molecule has 1 amide bonds. The summed E-state index contributed by atoms with van der Waals surface area (Å²) in [4.78, 5) is 14.8. The largest absolute Gasteiger partial charge is 0.349 e. The Balaban J connectivity index is 1.57. The molecule has 7 heteroatoms. The van der Waals surface area contributed by atoms with Crippen LogP contribution in [0.2, 0.25) is 0 Å². The molecule has 1 aliphatic heterocycles. The highest BCUT2D eigenvalue weighted by molar-refractivity contribution is 7.89. The standard InChI is InChI=1S/C18H28N2O3S2/c1-2-25(22,23)20-11-9-15(10-12-20)19-18(21)17-13-14-7-5-3-4-6-8-16(14)24-17/h13,15H,2-12H2,1H3,(H,19,21). The van der Waals surface area contributed by atoms with Crippen LogP contribution in [0.15, 0.2) is 6.07 Å². The highest BCUT2D eigenvalue weighted by Crippen LogP contribution is 2.28. The van der Waals surface area contributed by atoms with Crippen LogP contribution in [-0.4, -0.2) is 43.5 Å². The molecule has 1 aromatic rings. The summed E-state index contributed by atoms with van der Waals surface area (Å²) >= 11 is 1.64. The predicted molar refractivity (Wildman–Crippen MR) is 102 cm³/mol. The highest BCUT2D eigenvalue weighted by atomic mass is 32.2. The van der Waals surface area contributed by atoms with Crippen LogP contribution in [0.3, 0.4) is 0 Å². The number of thiophene rings is 1. The molecule has 0 unspecified atom stereocenters. The zero-order valence-corrected chi connectivity index (χ0v) is 16.6. The normalized spacial score (nSPS) is 20.5. The summed E-state index contributed by atoms with van der Waals surface area (Å²) in [6.07, 6.45) is 8.58. The van der Waals surface area contributed by atoms with Gasteiger partial charge in [0.15, 0.2) is 0 Å². The minimum atomic E-state index is -3.11. The zero-order chi connectivity index (χ0) is 17.9. The molecule has 0 bridgehead atoms. The molecular weight excluding hydrogens is 356 g/mol. The van der Waals surface area contributed by atoms with Crippen molar-refractivity contribution in [1.29, 1.82) is 0 Å². The number of fused-ring (bicyclic) bond motifs is 1. The fourth-order valence-corrected chi connectivity index (χ4v) is 5.96. The van der Waals surface area contributed by atoms with E-state index in [1.54, 1.807) is 22.6 Å². The molecule has 2 heterocycles. The minimum absolute atomic E-state index is 0.00791. The van der Waals surface area contributed by atoms with Gasteiger partial charge in [-0.25, -0.2) is 12.7 Å². The first kappa shape index (κ1) is 18.9. The number of amides is 1. The van der Waals surface area contributed by atoms with Crippen molar-refractivity contribution >= 4 is 27.3 Å². The van der Waals surface area contributed by atoms with E-state index in [1.165, 1.54) is 36.1 Å². The Morgan fingerprint density at radius 3 is 2.56 bits per heavy atom. The molecule has 1 N–H and O–H groups in total. The van der Waals surface area contributed by atoms with E-state index in [9.17, 15) is 13.2 Å². The van der Waals surface area contributed by atoms with E-state index in [1.807, 2.05) is 0 Å². The number of hydrogen-bond acceptors (Lipinski definition) is 4. The maximum absolute atomic E-state index is 12.6. The lowest BCUT2D eigenvalue weighted by atomic mass is 9.99. The average molecular weight is 385 g/mol. The third-order valence-electron chi connectivity index (χ3n) is 5.27. The van der Waals surface area contributed by atoms with Gasteiger partial charge in [-0.3, -0.25) is 4.79 Å². The van der Waals surface area contributed by atoms with E-state index in [4.69, 9.17) is 0 Å². The monoisotopic (exact) mass is 384 g/mol. The van der Waals surface area contributed by atoms with Crippen LogP contribution < -0.4 is 5.32 Å². The number of rotatable bonds is 4. The van der Waals surface area contributed by atoms with Gasteiger partial charge in [0.2, 0.25) is 10.0 Å². The van der Waals surface area contributed by atoms with Crippen molar-refractivity contribution in [3.8, 4) is 0 Å². The summed E-state index contributed by atoms with van der Waals surface area (Å²) in [5.41, 5.74) is 1.36. The number of carbonyl (C=O) groups is 1. The van der Waals surface area contributed by atoms with E-state index in [2.05, 4.69) is 11.4 Å². The Labute approximate surface area is 154 Å². The molecule has 1 fully saturated rings. The predicted octanol–water partition coefficient (Wildman–Crippen LogP) is 2.95. The number of piperidine rings is 1.